The average molecular weight is 436 g/mol. The molecule has 1 unspecified atom stereocenters. The zero-order chi connectivity index (χ0) is 22.5. The summed E-state index contributed by atoms with van der Waals surface area (Å²) in [5.74, 6) is -0.735. The van der Waals surface area contributed by atoms with Crippen molar-refractivity contribution >= 4 is 28.0 Å². The van der Waals surface area contributed by atoms with E-state index in [1.54, 1.807) is 12.4 Å². The Morgan fingerprint density at radius 3 is 2.61 bits per heavy atom. The van der Waals surface area contributed by atoms with Crippen LogP contribution >= 0.6 is 0 Å². The number of fused-ring (bicyclic) bond motifs is 4. The first kappa shape index (κ1) is 19.2. The Bertz CT molecular complexity index is 1620. The Hall–Kier alpha value is -4.52. The molecule has 1 aliphatic heterocycles. The lowest BCUT2D eigenvalue weighted by Crippen LogP contribution is -2.22. The zero-order valence-corrected chi connectivity index (χ0v) is 17.2. The normalized spacial score (nSPS) is 15.4. The van der Waals surface area contributed by atoms with E-state index < -0.39 is 11.9 Å². The molecule has 1 N–H and O–H groups in total. The van der Waals surface area contributed by atoms with Crippen LogP contribution in [0.15, 0.2) is 82.3 Å². The number of rotatable bonds is 2. The SMILES string of the molecule is O=C1CC(c2cccc3nccnc23)c2c(cc(O)c3c(=O)cc(-c4ccccc4)oc23)O1. The van der Waals surface area contributed by atoms with Crippen LogP contribution in [-0.2, 0) is 4.79 Å². The van der Waals surface area contributed by atoms with Gasteiger partial charge in [0.1, 0.15) is 28.2 Å². The van der Waals surface area contributed by atoms with E-state index in [1.807, 2.05) is 48.5 Å². The standard InChI is InChI=1S/C26H16N2O5/c29-18-12-20(14-5-2-1-3-6-14)33-26-23-16(11-22(31)32-21(23)13-19(30)24(18)26)15-7-4-8-17-25(15)28-10-9-27-17/h1-10,12-13,16,30H,11H2. The largest absolute Gasteiger partial charge is 0.507 e. The number of aromatic nitrogens is 2. The third kappa shape index (κ3) is 3.05. The predicted octanol–water partition coefficient (Wildman–Crippen LogP) is 4.55. The maximum atomic E-state index is 13.0. The van der Waals surface area contributed by atoms with Crippen molar-refractivity contribution in [2.75, 3.05) is 0 Å². The number of hydrogen-bond acceptors (Lipinski definition) is 7. The van der Waals surface area contributed by atoms with Crippen molar-refractivity contribution in [1.82, 2.24) is 9.97 Å². The summed E-state index contributed by atoms with van der Waals surface area (Å²) in [6, 6.07) is 17.4. The Kier molecular flexibility index (Phi) is 4.23. The van der Waals surface area contributed by atoms with E-state index in [-0.39, 0.29) is 34.3 Å². The fraction of sp³-hybridized carbons (Fsp3) is 0.0769. The highest BCUT2D eigenvalue weighted by molar-refractivity contribution is 5.94. The minimum Gasteiger partial charge on any atom is -0.507 e. The Morgan fingerprint density at radius 1 is 0.939 bits per heavy atom. The number of esters is 1. The number of nitrogens with zero attached hydrogens (tertiary/aromatic N) is 2. The van der Waals surface area contributed by atoms with Gasteiger partial charge in [-0.3, -0.25) is 19.6 Å². The van der Waals surface area contributed by atoms with Gasteiger partial charge >= 0.3 is 5.97 Å². The number of carbonyl (C=O) groups excluding carboxylic acids is 1. The summed E-state index contributed by atoms with van der Waals surface area (Å²) >= 11 is 0. The van der Waals surface area contributed by atoms with E-state index in [0.717, 1.165) is 5.56 Å². The van der Waals surface area contributed by atoms with Crippen LogP contribution in [0, 0.1) is 0 Å². The molecule has 3 aromatic carbocycles. The Balaban J connectivity index is 1.70. The number of phenols is 1. The van der Waals surface area contributed by atoms with E-state index >= 15 is 0 Å². The quantitative estimate of drug-likeness (QED) is 0.320. The lowest BCUT2D eigenvalue weighted by Gasteiger charge is -2.26. The molecule has 1 atom stereocenters. The summed E-state index contributed by atoms with van der Waals surface area (Å²) in [5.41, 5.74) is 3.14. The number of hydrogen-bond donors (Lipinski definition) is 1. The third-order valence-corrected chi connectivity index (χ3v) is 5.89. The van der Waals surface area contributed by atoms with Gasteiger partial charge in [-0.1, -0.05) is 42.5 Å². The van der Waals surface area contributed by atoms with Gasteiger partial charge in [0.2, 0.25) is 0 Å². The molecule has 0 radical (unpaired) electrons. The van der Waals surface area contributed by atoms with Crippen LogP contribution < -0.4 is 10.2 Å². The molecule has 0 fully saturated rings. The molecule has 0 amide bonds. The monoisotopic (exact) mass is 436 g/mol. The number of para-hydroxylation sites is 1. The molecule has 7 nitrogen and oxygen atoms in total. The van der Waals surface area contributed by atoms with Gasteiger partial charge in [0.25, 0.3) is 0 Å². The maximum absolute atomic E-state index is 13.0. The summed E-state index contributed by atoms with van der Waals surface area (Å²) in [6.07, 6.45) is 3.23. The number of phenolic OH excluding ortho intramolecular Hbond substituents is 1. The average Bonchev–Trinajstić information content (AvgIpc) is 2.83. The number of ether oxygens (including phenoxy) is 1. The highest BCUT2D eigenvalue weighted by Gasteiger charge is 2.34. The summed E-state index contributed by atoms with van der Waals surface area (Å²) < 4.78 is 11.7. The maximum Gasteiger partial charge on any atom is 0.312 e. The van der Waals surface area contributed by atoms with E-state index in [2.05, 4.69) is 9.97 Å². The van der Waals surface area contributed by atoms with Crippen LogP contribution in [-0.4, -0.2) is 21.0 Å². The molecule has 7 heteroatoms. The highest BCUT2D eigenvalue weighted by Crippen LogP contribution is 2.46. The fourth-order valence-electron chi connectivity index (χ4n) is 4.47. The molecule has 0 saturated carbocycles. The van der Waals surface area contributed by atoms with Crippen LogP contribution in [0.25, 0.3) is 33.3 Å². The van der Waals surface area contributed by atoms with E-state index in [1.165, 1.54) is 12.1 Å². The molecule has 3 heterocycles. The fourth-order valence-corrected chi connectivity index (χ4v) is 4.47. The molecule has 0 bridgehead atoms. The van der Waals surface area contributed by atoms with Crippen LogP contribution in [0.5, 0.6) is 11.5 Å². The molecule has 2 aromatic heterocycles. The first-order valence-corrected chi connectivity index (χ1v) is 10.4. The summed E-state index contributed by atoms with van der Waals surface area (Å²) in [6.45, 7) is 0. The first-order valence-electron chi connectivity index (χ1n) is 10.4. The molecule has 6 rings (SSSR count). The second-order valence-corrected chi connectivity index (χ2v) is 7.85. The zero-order valence-electron chi connectivity index (χ0n) is 17.2. The second kappa shape index (κ2) is 7.27. The van der Waals surface area contributed by atoms with Gasteiger partial charge in [-0.25, -0.2) is 0 Å². The van der Waals surface area contributed by atoms with Gasteiger partial charge in [0.05, 0.1) is 17.5 Å². The highest BCUT2D eigenvalue weighted by atomic mass is 16.5. The third-order valence-electron chi connectivity index (χ3n) is 5.89. The number of benzene rings is 3. The van der Waals surface area contributed by atoms with E-state index in [4.69, 9.17) is 9.15 Å². The Morgan fingerprint density at radius 2 is 1.76 bits per heavy atom. The van der Waals surface area contributed by atoms with Crippen molar-refractivity contribution in [3.8, 4) is 22.8 Å². The van der Waals surface area contributed by atoms with Gasteiger partial charge in [0.15, 0.2) is 5.43 Å². The van der Waals surface area contributed by atoms with Crippen molar-refractivity contribution in [2.24, 2.45) is 0 Å². The van der Waals surface area contributed by atoms with E-state index in [0.29, 0.717) is 27.9 Å². The van der Waals surface area contributed by atoms with Crippen molar-refractivity contribution in [2.45, 2.75) is 12.3 Å². The Labute approximate surface area is 186 Å². The van der Waals surface area contributed by atoms with Crippen LogP contribution in [0.4, 0.5) is 0 Å². The van der Waals surface area contributed by atoms with Crippen LogP contribution in [0.3, 0.4) is 0 Å². The minimum atomic E-state index is -0.501. The van der Waals surface area contributed by atoms with E-state index in [9.17, 15) is 14.7 Å². The minimum absolute atomic E-state index is 0.0296. The molecule has 0 spiro atoms. The van der Waals surface area contributed by atoms with Crippen molar-refractivity contribution in [3.63, 3.8) is 0 Å². The summed E-state index contributed by atoms with van der Waals surface area (Å²) in [7, 11) is 0. The van der Waals surface area contributed by atoms with Crippen molar-refractivity contribution < 1.29 is 19.1 Å². The number of carbonyl (C=O) groups is 1. The number of aromatic hydroxyl groups is 1. The molecule has 1 aliphatic rings. The molecule has 0 aliphatic carbocycles. The van der Waals surface area contributed by atoms with Crippen LogP contribution in [0.2, 0.25) is 0 Å². The molecule has 0 saturated heterocycles. The topological polar surface area (TPSA) is 103 Å². The molecule has 33 heavy (non-hydrogen) atoms. The first-order chi connectivity index (χ1) is 16.1. The van der Waals surface area contributed by atoms with Gasteiger partial charge in [0, 0.05) is 41.6 Å². The van der Waals surface area contributed by atoms with Gasteiger partial charge in [-0.05, 0) is 11.6 Å². The van der Waals surface area contributed by atoms with Gasteiger partial charge in [-0.2, -0.15) is 0 Å². The lowest BCUT2D eigenvalue weighted by atomic mass is 9.84. The molecule has 5 aromatic rings. The van der Waals surface area contributed by atoms with Crippen LogP contribution in [0.1, 0.15) is 23.5 Å². The summed E-state index contributed by atoms with van der Waals surface area (Å²) in [5, 5.41) is 10.7. The predicted molar refractivity (Wildman–Crippen MR) is 121 cm³/mol. The van der Waals surface area contributed by atoms with Gasteiger partial charge in [-0.15, -0.1) is 0 Å². The molecule has 160 valence electrons. The van der Waals surface area contributed by atoms with Crippen molar-refractivity contribution in [3.05, 3.63) is 94.4 Å². The van der Waals surface area contributed by atoms with Crippen molar-refractivity contribution in [1.29, 1.82) is 0 Å². The second-order valence-electron chi connectivity index (χ2n) is 7.85. The molecular formula is C26H16N2O5. The summed E-state index contributed by atoms with van der Waals surface area (Å²) in [4.78, 5) is 34.4. The lowest BCUT2D eigenvalue weighted by molar-refractivity contribution is -0.135. The van der Waals surface area contributed by atoms with Gasteiger partial charge < -0.3 is 14.3 Å². The smallest absolute Gasteiger partial charge is 0.312 e. The molecular weight excluding hydrogens is 420 g/mol.